The topological polar surface area (TPSA) is 42.2 Å². The van der Waals surface area contributed by atoms with E-state index in [4.69, 9.17) is 4.42 Å². The first-order chi connectivity index (χ1) is 7.83. The Kier molecular flexibility index (Phi) is 3.82. The van der Waals surface area contributed by atoms with Crippen LogP contribution >= 0.6 is 22.6 Å². The highest BCUT2D eigenvalue weighted by Crippen LogP contribution is 2.20. The molecule has 0 spiro atoms. The summed E-state index contributed by atoms with van der Waals surface area (Å²) in [5.41, 5.74) is 1.37. The number of furan rings is 1. The Labute approximate surface area is 107 Å². The molecule has 3 nitrogen and oxygen atoms in total. The summed E-state index contributed by atoms with van der Waals surface area (Å²) in [7, 11) is 0. The fraction of sp³-hybridized carbons (Fsp3) is 0.250. The molecular formula is C12H12INO2. The van der Waals surface area contributed by atoms with Crippen molar-refractivity contribution in [3.8, 4) is 0 Å². The van der Waals surface area contributed by atoms with Gasteiger partial charge in [0, 0.05) is 16.4 Å². The summed E-state index contributed by atoms with van der Waals surface area (Å²) in [6.07, 6.45) is 2.51. The molecule has 0 unspecified atom stereocenters. The van der Waals surface area contributed by atoms with Crippen molar-refractivity contribution in [1.82, 2.24) is 5.32 Å². The van der Waals surface area contributed by atoms with Crippen molar-refractivity contribution in [3.05, 3.63) is 36.1 Å². The van der Waals surface area contributed by atoms with Gasteiger partial charge in [0.05, 0.1) is 5.56 Å². The lowest BCUT2D eigenvalue weighted by molar-refractivity contribution is 0.0954. The monoisotopic (exact) mass is 329 g/mol. The number of amides is 1. The van der Waals surface area contributed by atoms with Gasteiger partial charge in [-0.1, -0.05) is 40.8 Å². The second-order valence-corrected chi connectivity index (χ2v) is 4.52. The summed E-state index contributed by atoms with van der Waals surface area (Å²) in [6, 6.07) is 7.55. The molecule has 4 heteroatoms. The van der Waals surface area contributed by atoms with E-state index >= 15 is 0 Å². The Hall–Kier alpha value is -1.04. The molecule has 1 aromatic heterocycles. The maximum absolute atomic E-state index is 11.8. The molecule has 0 saturated carbocycles. The van der Waals surface area contributed by atoms with E-state index in [1.54, 1.807) is 0 Å². The molecule has 1 amide bonds. The van der Waals surface area contributed by atoms with Gasteiger partial charge in [-0.25, -0.2) is 0 Å². The van der Waals surface area contributed by atoms with Crippen molar-refractivity contribution >= 4 is 39.5 Å². The van der Waals surface area contributed by atoms with Gasteiger partial charge in [-0.05, 0) is 12.5 Å². The molecule has 0 atom stereocenters. The van der Waals surface area contributed by atoms with Gasteiger partial charge in [-0.15, -0.1) is 0 Å². The van der Waals surface area contributed by atoms with Crippen LogP contribution in [-0.2, 0) is 0 Å². The van der Waals surface area contributed by atoms with Crippen molar-refractivity contribution in [3.63, 3.8) is 0 Å². The lowest BCUT2D eigenvalue weighted by Gasteiger charge is -2.01. The number of halogens is 1. The van der Waals surface area contributed by atoms with Crippen LogP contribution in [0.2, 0.25) is 0 Å². The third-order valence-corrected chi connectivity index (χ3v) is 3.08. The van der Waals surface area contributed by atoms with Crippen molar-refractivity contribution in [2.24, 2.45) is 0 Å². The molecule has 1 N–H and O–H groups in total. The minimum atomic E-state index is -0.0604. The average Bonchev–Trinajstić information content (AvgIpc) is 2.73. The zero-order chi connectivity index (χ0) is 11.4. The van der Waals surface area contributed by atoms with Crippen LogP contribution in [0.5, 0.6) is 0 Å². The summed E-state index contributed by atoms with van der Waals surface area (Å²) >= 11 is 2.29. The van der Waals surface area contributed by atoms with Gasteiger partial charge in [-0.2, -0.15) is 0 Å². The molecule has 84 valence electrons. The van der Waals surface area contributed by atoms with E-state index in [0.29, 0.717) is 12.1 Å². The molecule has 1 heterocycles. The molecule has 1 aromatic carbocycles. The van der Waals surface area contributed by atoms with Crippen LogP contribution in [0.1, 0.15) is 16.8 Å². The number of alkyl halides is 1. The lowest BCUT2D eigenvalue weighted by Crippen LogP contribution is -2.24. The number of carbonyl (C=O) groups is 1. The van der Waals surface area contributed by atoms with Gasteiger partial charge in [0.15, 0.2) is 0 Å². The highest BCUT2D eigenvalue weighted by atomic mass is 127. The molecule has 0 bridgehead atoms. The maximum atomic E-state index is 11.8. The summed E-state index contributed by atoms with van der Waals surface area (Å²) in [5, 5.41) is 3.74. The third kappa shape index (κ3) is 2.37. The minimum absolute atomic E-state index is 0.0604. The fourth-order valence-electron chi connectivity index (χ4n) is 1.52. The van der Waals surface area contributed by atoms with Crippen LogP contribution in [0.4, 0.5) is 0 Å². The predicted molar refractivity (Wildman–Crippen MR) is 72.1 cm³/mol. The summed E-state index contributed by atoms with van der Waals surface area (Å²) in [5.74, 6) is -0.0604. The minimum Gasteiger partial charge on any atom is -0.463 e. The standard InChI is InChI=1S/C12H12INO2/c13-6-3-7-14-12(15)10-8-16-11-5-2-1-4-9(10)11/h1-2,4-5,8H,3,6-7H2,(H,14,15). The van der Waals surface area contributed by atoms with Crippen LogP contribution in [0.3, 0.4) is 0 Å². The number of nitrogens with one attached hydrogen (secondary N) is 1. The van der Waals surface area contributed by atoms with Crippen molar-refractivity contribution in [2.75, 3.05) is 11.0 Å². The number of carbonyl (C=O) groups excluding carboxylic acids is 1. The zero-order valence-electron chi connectivity index (χ0n) is 8.70. The van der Waals surface area contributed by atoms with Crippen molar-refractivity contribution in [1.29, 1.82) is 0 Å². The van der Waals surface area contributed by atoms with Crippen molar-refractivity contribution < 1.29 is 9.21 Å². The van der Waals surface area contributed by atoms with Gasteiger partial charge < -0.3 is 9.73 Å². The summed E-state index contributed by atoms with van der Waals surface area (Å²) < 4.78 is 6.36. The number of para-hydroxylation sites is 1. The first kappa shape index (κ1) is 11.4. The maximum Gasteiger partial charge on any atom is 0.255 e. The highest BCUT2D eigenvalue weighted by Gasteiger charge is 2.12. The number of rotatable bonds is 4. The fourth-order valence-corrected chi connectivity index (χ4v) is 1.90. The van der Waals surface area contributed by atoms with Gasteiger partial charge in [0.1, 0.15) is 11.8 Å². The average molecular weight is 329 g/mol. The Morgan fingerprint density at radius 1 is 1.38 bits per heavy atom. The number of fused-ring (bicyclic) bond motifs is 1. The Bertz CT molecular complexity index is 492. The normalized spacial score (nSPS) is 10.6. The van der Waals surface area contributed by atoms with E-state index in [9.17, 15) is 4.79 Å². The van der Waals surface area contributed by atoms with E-state index in [1.165, 1.54) is 6.26 Å². The Morgan fingerprint density at radius 3 is 3.00 bits per heavy atom. The van der Waals surface area contributed by atoms with Crippen LogP contribution < -0.4 is 5.32 Å². The molecule has 0 saturated heterocycles. The molecule has 0 aliphatic rings. The quantitative estimate of drug-likeness (QED) is 0.532. The first-order valence-corrected chi connectivity index (χ1v) is 6.66. The number of hydrogen-bond acceptors (Lipinski definition) is 2. The summed E-state index contributed by atoms with van der Waals surface area (Å²) in [6.45, 7) is 0.710. The first-order valence-electron chi connectivity index (χ1n) is 5.13. The van der Waals surface area contributed by atoms with Gasteiger partial charge in [0.25, 0.3) is 5.91 Å². The second-order valence-electron chi connectivity index (χ2n) is 3.44. The molecule has 0 fully saturated rings. The molecule has 0 aliphatic carbocycles. The molecule has 2 aromatic rings. The smallest absolute Gasteiger partial charge is 0.255 e. The van der Waals surface area contributed by atoms with E-state index in [-0.39, 0.29) is 5.91 Å². The lowest BCUT2D eigenvalue weighted by atomic mass is 10.1. The predicted octanol–water partition coefficient (Wildman–Crippen LogP) is 2.99. The van der Waals surface area contributed by atoms with E-state index in [1.807, 2.05) is 24.3 Å². The molecule has 0 aliphatic heterocycles. The highest BCUT2D eigenvalue weighted by molar-refractivity contribution is 14.1. The van der Waals surface area contributed by atoms with Crippen molar-refractivity contribution in [2.45, 2.75) is 6.42 Å². The van der Waals surface area contributed by atoms with Gasteiger partial charge in [0.2, 0.25) is 0 Å². The number of benzene rings is 1. The molecule has 16 heavy (non-hydrogen) atoms. The van der Waals surface area contributed by atoms with Gasteiger partial charge in [-0.3, -0.25) is 4.79 Å². The molecular weight excluding hydrogens is 317 g/mol. The Balaban J connectivity index is 2.17. The zero-order valence-corrected chi connectivity index (χ0v) is 10.9. The Morgan fingerprint density at radius 2 is 2.19 bits per heavy atom. The van der Waals surface area contributed by atoms with Crippen LogP contribution in [-0.4, -0.2) is 16.9 Å². The van der Waals surface area contributed by atoms with E-state index in [2.05, 4.69) is 27.9 Å². The third-order valence-electron chi connectivity index (χ3n) is 2.32. The van der Waals surface area contributed by atoms with E-state index in [0.717, 1.165) is 21.8 Å². The van der Waals surface area contributed by atoms with Crippen LogP contribution in [0, 0.1) is 0 Å². The van der Waals surface area contributed by atoms with Gasteiger partial charge >= 0.3 is 0 Å². The number of hydrogen-bond donors (Lipinski definition) is 1. The molecule has 2 rings (SSSR count). The SMILES string of the molecule is O=C(NCCCI)c1coc2ccccc12. The van der Waals surface area contributed by atoms with Crippen LogP contribution in [0.25, 0.3) is 11.0 Å². The van der Waals surface area contributed by atoms with E-state index < -0.39 is 0 Å². The summed E-state index contributed by atoms with van der Waals surface area (Å²) in [4.78, 5) is 11.8. The second kappa shape index (κ2) is 5.34. The molecule has 0 radical (unpaired) electrons. The van der Waals surface area contributed by atoms with Crippen LogP contribution in [0.15, 0.2) is 34.9 Å². The largest absolute Gasteiger partial charge is 0.463 e.